The van der Waals surface area contributed by atoms with Crippen molar-refractivity contribution in [3.05, 3.63) is 29.3 Å². The number of likely N-dealkylation sites (tertiary alicyclic amines) is 2. The van der Waals surface area contributed by atoms with Crippen LogP contribution in [0.15, 0.2) is 24.3 Å². The highest BCUT2D eigenvalue weighted by atomic mass is 32.1. The van der Waals surface area contributed by atoms with Gasteiger partial charge in [0.1, 0.15) is 6.54 Å². The molecule has 2 saturated heterocycles. The van der Waals surface area contributed by atoms with Gasteiger partial charge in [-0.3, -0.25) is 14.4 Å². The fraction of sp³-hybridized carbons (Fsp3) is 0.500. The summed E-state index contributed by atoms with van der Waals surface area (Å²) < 4.78 is 6.28. The van der Waals surface area contributed by atoms with E-state index in [0.717, 1.165) is 34.5 Å². The maximum absolute atomic E-state index is 12.5. The number of benzene rings is 1. The average molecular weight is 401 g/mol. The molecule has 1 atom stereocenters. The fourth-order valence-corrected chi connectivity index (χ4v) is 4.87. The van der Waals surface area contributed by atoms with Gasteiger partial charge in [-0.15, -0.1) is 11.3 Å². The van der Waals surface area contributed by atoms with Crippen molar-refractivity contribution in [2.45, 2.75) is 31.6 Å². The van der Waals surface area contributed by atoms with Crippen LogP contribution in [0.4, 0.5) is 0 Å². The summed E-state index contributed by atoms with van der Waals surface area (Å²) in [6, 6.07) is 8.05. The molecule has 1 aromatic heterocycles. The molecule has 0 bridgehead atoms. The highest BCUT2D eigenvalue weighted by Gasteiger charge is 2.28. The molecule has 2 aliphatic rings. The lowest BCUT2D eigenvalue weighted by molar-refractivity contribution is -0.154. The molecule has 0 unspecified atom stereocenters. The molecule has 2 aromatic rings. The second-order valence-electron chi connectivity index (χ2n) is 7.28. The smallest absolute Gasteiger partial charge is 0.326 e. The lowest BCUT2D eigenvalue weighted by Crippen LogP contribution is -2.42. The lowest BCUT2D eigenvalue weighted by atomic mass is 9.99. The Morgan fingerprint density at radius 2 is 2.07 bits per heavy atom. The Hall–Kier alpha value is -2.48. The van der Waals surface area contributed by atoms with E-state index >= 15 is 0 Å². The van der Waals surface area contributed by atoms with Crippen molar-refractivity contribution in [1.82, 2.24) is 14.8 Å². The van der Waals surface area contributed by atoms with Crippen LogP contribution in [0.25, 0.3) is 10.2 Å². The maximum Gasteiger partial charge on any atom is 0.326 e. The zero-order valence-corrected chi connectivity index (χ0v) is 16.5. The molecular formula is C20H23N3O4S. The SMILES string of the molecule is O=C(CN1CCCC1=O)OCC(=O)N1CCC[C@@H](c2nc3ccccc3s2)C1. The zero-order valence-electron chi connectivity index (χ0n) is 15.6. The average Bonchev–Trinajstić information content (AvgIpc) is 3.32. The van der Waals surface area contributed by atoms with Gasteiger partial charge in [0, 0.05) is 32.0 Å². The first kappa shape index (κ1) is 18.9. The quantitative estimate of drug-likeness (QED) is 0.718. The van der Waals surface area contributed by atoms with Gasteiger partial charge in [-0.25, -0.2) is 4.98 Å². The van der Waals surface area contributed by atoms with Crippen molar-refractivity contribution in [2.75, 3.05) is 32.8 Å². The molecule has 148 valence electrons. The van der Waals surface area contributed by atoms with Gasteiger partial charge in [-0.1, -0.05) is 12.1 Å². The Kier molecular flexibility index (Phi) is 5.57. The number of fused-ring (bicyclic) bond motifs is 1. The van der Waals surface area contributed by atoms with Crippen LogP contribution < -0.4 is 0 Å². The lowest BCUT2D eigenvalue weighted by Gasteiger charge is -2.31. The number of amides is 2. The van der Waals surface area contributed by atoms with E-state index in [1.54, 1.807) is 16.2 Å². The largest absolute Gasteiger partial charge is 0.454 e. The molecule has 0 saturated carbocycles. The Labute approximate surface area is 167 Å². The van der Waals surface area contributed by atoms with Crippen LogP contribution in [0.2, 0.25) is 0 Å². The number of aromatic nitrogens is 1. The Bertz CT molecular complexity index is 863. The molecule has 1 aromatic carbocycles. The van der Waals surface area contributed by atoms with Crippen LogP contribution in [0.3, 0.4) is 0 Å². The molecule has 0 radical (unpaired) electrons. The molecule has 7 nitrogen and oxygen atoms in total. The number of piperidine rings is 1. The minimum Gasteiger partial charge on any atom is -0.454 e. The molecule has 2 amide bonds. The van der Waals surface area contributed by atoms with E-state index in [9.17, 15) is 14.4 Å². The first-order chi connectivity index (χ1) is 13.6. The third-order valence-corrected chi connectivity index (χ3v) is 6.48. The van der Waals surface area contributed by atoms with E-state index < -0.39 is 5.97 Å². The summed E-state index contributed by atoms with van der Waals surface area (Å²) in [6.45, 7) is 1.51. The number of carbonyl (C=O) groups is 3. The third-order valence-electron chi connectivity index (χ3n) is 5.28. The number of thiazole rings is 1. The standard InChI is InChI=1S/C20H23N3O4S/c24-17-8-4-10-23(17)12-19(26)27-13-18(25)22-9-3-5-14(11-22)20-21-15-6-1-2-7-16(15)28-20/h1-2,6-7,14H,3-5,8-13H2/t14-/m1/s1. The second-order valence-corrected chi connectivity index (χ2v) is 8.34. The number of nitrogens with zero attached hydrogens (tertiary/aromatic N) is 3. The number of rotatable bonds is 5. The number of hydrogen-bond donors (Lipinski definition) is 0. The number of para-hydroxylation sites is 1. The van der Waals surface area contributed by atoms with Crippen LogP contribution in [-0.2, 0) is 19.1 Å². The summed E-state index contributed by atoms with van der Waals surface area (Å²) in [5, 5.41) is 1.06. The fourth-order valence-electron chi connectivity index (χ4n) is 3.78. The van der Waals surface area contributed by atoms with Crippen molar-refractivity contribution in [2.24, 2.45) is 0 Å². The topological polar surface area (TPSA) is 79.8 Å². The minimum atomic E-state index is -0.525. The molecule has 3 heterocycles. The highest BCUT2D eigenvalue weighted by molar-refractivity contribution is 7.18. The normalized spacial score (nSPS) is 20.0. The predicted molar refractivity (Wildman–Crippen MR) is 105 cm³/mol. The van der Waals surface area contributed by atoms with E-state index in [0.29, 0.717) is 26.1 Å². The molecule has 8 heteroatoms. The molecule has 2 fully saturated rings. The van der Waals surface area contributed by atoms with Gasteiger partial charge < -0.3 is 14.5 Å². The maximum atomic E-state index is 12.5. The summed E-state index contributed by atoms with van der Waals surface area (Å²) in [5.41, 5.74) is 0.997. The molecular weight excluding hydrogens is 378 g/mol. The minimum absolute atomic E-state index is 0.0296. The predicted octanol–water partition coefficient (Wildman–Crippen LogP) is 2.17. The van der Waals surface area contributed by atoms with Gasteiger partial charge in [-0.2, -0.15) is 0 Å². The van der Waals surface area contributed by atoms with Gasteiger partial charge in [0.25, 0.3) is 5.91 Å². The monoisotopic (exact) mass is 401 g/mol. The first-order valence-electron chi connectivity index (χ1n) is 9.67. The summed E-state index contributed by atoms with van der Waals surface area (Å²) in [7, 11) is 0. The van der Waals surface area contributed by atoms with E-state index in [2.05, 4.69) is 6.07 Å². The summed E-state index contributed by atoms with van der Waals surface area (Å²) >= 11 is 1.68. The van der Waals surface area contributed by atoms with Gasteiger partial charge in [0.2, 0.25) is 5.91 Å². The Balaban J connectivity index is 1.30. The van der Waals surface area contributed by atoms with Crippen LogP contribution in [0, 0.1) is 0 Å². The Morgan fingerprint density at radius 3 is 2.86 bits per heavy atom. The number of ether oxygens (including phenoxy) is 1. The number of hydrogen-bond acceptors (Lipinski definition) is 6. The number of carbonyl (C=O) groups excluding carboxylic acids is 3. The van der Waals surface area contributed by atoms with Crippen molar-refractivity contribution in [3.8, 4) is 0 Å². The highest BCUT2D eigenvalue weighted by Crippen LogP contribution is 2.32. The molecule has 0 N–H and O–H groups in total. The molecule has 28 heavy (non-hydrogen) atoms. The molecule has 4 rings (SSSR count). The Morgan fingerprint density at radius 1 is 1.21 bits per heavy atom. The van der Waals surface area contributed by atoms with Crippen LogP contribution >= 0.6 is 11.3 Å². The van der Waals surface area contributed by atoms with E-state index in [4.69, 9.17) is 9.72 Å². The summed E-state index contributed by atoms with van der Waals surface area (Å²) in [5.74, 6) is -0.527. The van der Waals surface area contributed by atoms with Crippen molar-refractivity contribution < 1.29 is 19.1 Å². The van der Waals surface area contributed by atoms with Crippen LogP contribution in [0.1, 0.15) is 36.6 Å². The van der Waals surface area contributed by atoms with Crippen molar-refractivity contribution in [1.29, 1.82) is 0 Å². The second kappa shape index (κ2) is 8.26. The van der Waals surface area contributed by atoms with Gasteiger partial charge in [0.15, 0.2) is 6.61 Å². The summed E-state index contributed by atoms with van der Waals surface area (Å²) in [4.78, 5) is 44.0. The van der Waals surface area contributed by atoms with Crippen LogP contribution in [-0.4, -0.2) is 65.4 Å². The zero-order chi connectivity index (χ0) is 19.5. The van der Waals surface area contributed by atoms with Crippen LogP contribution in [0.5, 0.6) is 0 Å². The third kappa shape index (κ3) is 4.16. The first-order valence-corrected chi connectivity index (χ1v) is 10.5. The molecule has 0 aliphatic carbocycles. The molecule has 2 aliphatic heterocycles. The van der Waals surface area contributed by atoms with Gasteiger partial charge >= 0.3 is 5.97 Å². The number of esters is 1. The van der Waals surface area contributed by atoms with Gasteiger partial charge in [-0.05, 0) is 31.4 Å². The van der Waals surface area contributed by atoms with Crippen molar-refractivity contribution in [3.63, 3.8) is 0 Å². The van der Waals surface area contributed by atoms with E-state index in [1.165, 1.54) is 4.90 Å². The summed E-state index contributed by atoms with van der Waals surface area (Å²) in [6.07, 6.45) is 3.15. The van der Waals surface area contributed by atoms with Gasteiger partial charge in [0.05, 0.1) is 15.2 Å². The van der Waals surface area contributed by atoms with Crippen molar-refractivity contribution >= 4 is 39.3 Å². The van der Waals surface area contributed by atoms with E-state index in [-0.39, 0.29) is 30.9 Å². The van der Waals surface area contributed by atoms with E-state index in [1.807, 2.05) is 18.2 Å². The molecule has 0 spiro atoms.